The van der Waals surface area contributed by atoms with Crippen molar-refractivity contribution in [2.24, 2.45) is 5.84 Å². The fourth-order valence-electron chi connectivity index (χ4n) is 1.92. The number of aromatic nitrogens is 1. The van der Waals surface area contributed by atoms with E-state index < -0.39 is 0 Å². The van der Waals surface area contributed by atoms with Crippen LogP contribution in [0.3, 0.4) is 0 Å². The number of anilines is 1. The summed E-state index contributed by atoms with van der Waals surface area (Å²) in [5, 5.41) is 0. The summed E-state index contributed by atoms with van der Waals surface area (Å²) in [6.45, 7) is 5.53. The molecule has 5 nitrogen and oxygen atoms in total. The molecule has 0 aromatic carbocycles. The summed E-state index contributed by atoms with van der Waals surface area (Å²) in [6, 6.07) is 4.04. The van der Waals surface area contributed by atoms with E-state index in [1.54, 1.807) is 6.20 Å². The first-order valence-electron chi connectivity index (χ1n) is 5.60. The van der Waals surface area contributed by atoms with E-state index in [2.05, 4.69) is 27.3 Å². The molecule has 5 heteroatoms. The standard InChI is InChI=1S/C11H19N5/c1-15-4-6-16(7-5-15)9-10-2-3-13-11(8-10)14-12/h2-3,8H,4-7,9,12H2,1H3,(H,13,14). The molecule has 0 bridgehead atoms. The molecule has 0 spiro atoms. The lowest BCUT2D eigenvalue weighted by molar-refractivity contribution is 0.148. The Labute approximate surface area is 96.2 Å². The number of pyridine rings is 1. The van der Waals surface area contributed by atoms with E-state index >= 15 is 0 Å². The van der Waals surface area contributed by atoms with Crippen molar-refractivity contribution < 1.29 is 0 Å². The minimum atomic E-state index is 0.728. The highest BCUT2D eigenvalue weighted by atomic mass is 15.3. The van der Waals surface area contributed by atoms with Crippen LogP contribution in [0, 0.1) is 0 Å². The summed E-state index contributed by atoms with van der Waals surface area (Å²) in [5.74, 6) is 6.07. The van der Waals surface area contributed by atoms with E-state index in [-0.39, 0.29) is 0 Å². The lowest BCUT2D eigenvalue weighted by atomic mass is 10.2. The molecule has 3 N–H and O–H groups in total. The predicted molar refractivity (Wildman–Crippen MR) is 64.8 cm³/mol. The summed E-state index contributed by atoms with van der Waals surface area (Å²) < 4.78 is 0. The number of rotatable bonds is 3. The van der Waals surface area contributed by atoms with Crippen LogP contribution in [0.15, 0.2) is 18.3 Å². The molecule has 0 amide bonds. The molecule has 0 aliphatic carbocycles. The van der Waals surface area contributed by atoms with Crippen LogP contribution in [0.25, 0.3) is 0 Å². The molecule has 1 aliphatic heterocycles. The lowest BCUT2D eigenvalue weighted by Gasteiger charge is -2.32. The third kappa shape index (κ3) is 2.91. The van der Waals surface area contributed by atoms with Gasteiger partial charge < -0.3 is 10.3 Å². The van der Waals surface area contributed by atoms with Gasteiger partial charge in [-0.05, 0) is 24.7 Å². The second-order valence-corrected chi connectivity index (χ2v) is 4.27. The van der Waals surface area contributed by atoms with Crippen LogP contribution in [0.4, 0.5) is 5.82 Å². The zero-order valence-corrected chi connectivity index (χ0v) is 9.69. The van der Waals surface area contributed by atoms with E-state index in [9.17, 15) is 0 Å². The maximum atomic E-state index is 5.34. The number of likely N-dealkylation sites (N-methyl/N-ethyl adjacent to an activating group) is 1. The third-order valence-electron chi connectivity index (χ3n) is 2.97. The van der Waals surface area contributed by atoms with E-state index in [0.717, 1.165) is 38.5 Å². The zero-order valence-electron chi connectivity index (χ0n) is 9.69. The summed E-state index contributed by atoms with van der Waals surface area (Å²) >= 11 is 0. The Morgan fingerprint density at radius 1 is 1.38 bits per heavy atom. The Bertz CT molecular complexity index is 333. The first-order valence-corrected chi connectivity index (χ1v) is 5.60. The average Bonchev–Trinajstić information content (AvgIpc) is 2.32. The number of hydrogen-bond acceptors (Lipinski definition) is 5. The number of nitrogens with one attached hydrogen (secondary N) is 1. The Balaban J connectivity index is 1.93. The number of nitrogen functional groups attached to an aromatic ring is 1. The first kappa shape index (κ1) is 11.3. The Morgan fingerprint density at radius 3 is 2.81 bits per heavy atom. The van der Waals surface area contributed by atoms with Crippen LogP contribution in [-0.4, -0.2) is 48.0 Å². The topological polar surface area (TPSA) is 57.4 Å². The van der Waals surface area contributed by atoms with Crippen LogP contribution in [-0.2, 0) is 6.54 Å². The molecule has 1 fully saturated rings. The largest absolute Gasteiger partial charge is 0.308 e. The van der Waals surface area contributed by atoms with Gasteiger partial charge in [0, 0.05) is 38.9 Å². The normalized spacial score (nSPS) is 18.6. The van der Waals surface area contributed by atoms with E-state index in [0.29, 0.717) is 0 Å². The molecule has 0 saturated carbocycles. The van der Waals surface area contributed by atoms with Crippen molar-refractivity contribution in [3.63, 3.8) is 0 Å². The van der Waals surface area contributed by atoms with Crippen molar-refractivity contribution in [1.82, 2.24) is 14.8 Å². The van der Waals surface area contributed by atoms with Gasteiger partial charge in [0.15, 0.2) is 0 Å². The average molecular weight is 221 g/mol. The van der Waals surface area contributed by atoms with Crippen LogP contribution in [0.2, 0.25) is 0 Å². The third-order valence-corrected chi connectivity index (χ3v) is 2.97. The molecular weight excluding hydrogens is 202 g/mol. The molecule has 1 aromatic heterocycles. The van der Waals surface area contributed by atoms with E-state index in [1.807, 2.05) is 12.1 Å². The summed E-state index contributed by atoms with van der Waals surface area (Å²) in [4.78, 5) is 8.91. The maximum absolute atomic E-state index is 5.34. The van der Waals surface area contributed by atoms with Crippen molar-refractivity contribution in [3.05, 3.63) is 23.9 Å². The monoisotopic (exact) mass is 221 g/mol. The van der Waals surface area contributed by atoms with E-state index in [4.69, 9.17) is 5.84 Å². The molecule has 0 atom stereocenters. The molecule has 2 heterocycles. The molecule has 1 saturated heterocycles. The van der Waals surface area contributed by atoms with Crippen LogP contribution < -0.4 is 11.3 Å². The highest BCUT2D eigenvalue weighted by Crippen LogP contribution is 2.10. The smallest absolute Gasteiger partial charge is 0.140 e. The molecule has 1 aromatic rings. The summed E-state index contributed by atoms with van der Waals surface area (Å²) in [7, 11) is 2.17. The second-order valence-electron chi connectivity index (χ2n) is 4.27. The van der Waals surface area contributed by atoms with Crippen LogP contribution in [0.5, 0.6) is 0 Å². The number of hydrazine groups is 1. The van der Waals surface area contributed by atoms with Crippen LogP contribution in [0.1, 0.15) is 5.56 Å². The fraction of sp³-hybridized carbons (Fsp3) is 0.545. The number of nitrogens with two attached hydrogens (primary N) is 1. The Kier molecular flexibility index (Phi) is 3.71. The number of hydrogen-bond donors (Lipinski definition) is 2. The van der Waals surface area contributed by atoms with Crippen molar-refractivity contribution in [1.29, 1.82) is 0 Å². The van der Waals surface area contributed by atoms with Crippen molar-refractivity contribution >= 4 is 5.82 Å². The van der Waals surface area contributed by atoms with E-state index in [1.165, 1.54) is 5.56 Å². The van der Waals surface area contributed by atoms with Gasteiger partial charge in [0.2, 0.25) is 0 Å². The number of piperazine rings is 1. The van der Waals surface area contributed by atoms with Gasteiger partial charge in [0.05, 0.1) is 0 Å². The molecule has 88 valence electrons. The predicted octanol–water partition coefficient (Wildman–Crippen LogP) is 0.115. The van der Waals surface area contributed by atoms with Gasteiger partial charge in [0.1, 0.15) is 5.82 Å². The van der Waals surface area contributed by atoms with Crippen molar-refractivity contribution in [2.45, 2.75) is 6.54 Å². The highest BCUT2D eigenvalue weighted by Gasteiger charge is 2.13. The molecule has 0 radical (unpaired) electrons. The van der Waals surface area contributed by atoms with Crippen molar-refractivity contribution in [2.75, 3.05) is 38.7 Å². The number of nitrogens with zero attached hydrogens (tertiary/aromatic N) is 3. The van der Waals surface area contributed by atoms with Gasteiger partial charge in [-0.25, -0.2) is 10.8 Å². The SMILES string of the molecule is CN1CCN(Cc2ccnc(NN)c2)CC1. The Hall–Kier alpha value is -1.17. The van der Waals surface area contributed by atoms with Crippen molar-refractivity contribution in [3.8, 4) is 0 Å². The zero-order chi connectivity index (χ0) is 11.4. The van der Waals surface area contributed by atoms with Gasteiger partial charge in [0.25, 0.3) is 0 Å². The maximum Gasteiger partial charge on any atom is 0.140 e. The van der Waals surface area contributed by atoms with Gasteiger partial charge in [-0.15, -0.1) is 0 Å². The van der Waals surface area contributed by atoms with Gasteiger partial charge in [-0.3, -0.25) is 4.90 Å². The molecule has 1 aliphatic rings. The second kappa shape index (κ2) is 5.25. The summed E-state index contributed by atoms with van der Waals surface area (Å²) in [5.41, 5.74) is 3.83. The lowest BCUT2D eigenvalue weighted by Crippen LogP contribution is -2.43. The molecular formula is C11H19N5. The van der Waals surface area contributed by atoms with Gasteiger partial charge >= 0.3 is 0 Å². The fourth-order valence-corrected chi connectivity index (χ4v) is 1.92. The minimum absolute atomic E-state index is 0.728. The molecule has 16 heavy (non-hydrogen) atoms. The van der Waals surface area contributed by atoms with Crippen LogP contribution >= 0.6 is 0 Å². The quantitative estimate of drug-likeness (QED) is 0.560. The molecule has 0 unspecified atom stereocenters. The first-order chi connectivity index (χ1) is 7.78. The Morgan fingerprint density at radius 2 is 2.12 bits per heavy atom. The van der Waals surface area contributed by atoms with Gasteiger partial charge in [-0.1, -0.05) is 0 Å². The molecule has 2 rings (SSSR count). The van der Waals surface area contributed by atoms with Gasteiger partial charge in [-0.2, -0.15) is 0 Å². The highest BCUT2D eigenvalue weighted by molar-refractivity contribution is 5.35. The minimum Gasteiger partial charge on any atom is -0.308 e. The summed E-state index contributed by atoms with van der Waals surface area (Å²) in [6.07, 6.45) is 1.79.